The van der Waals surface area contributed by atoms with Crippen LogP contribution in [-0.4, -0.2) is 48.8 Å². The van der Waals surface area contributed by atoms with Crippen molar-refractivity contribution in [2.24, 2.45) is 0 Å². The van der Waals surface area contributed by atoms with E-state index in [0.717, 1.165) is 32.2 Å². The first-order valence-corrected chi connectivity index (χ1v) is 7.44. The minimum atomic E-state index is 0.304. The molecule has 0 radical (unpaired) electrons. The lowest BCUT2D eigenvalue weighted by atomic mass is 9.94. The lowest BCUT2D eigenvalue weighted by Gasteiger charge is -2.34. The monoisotopic (exact) mass is 242 g/mol. The quantitative estimate of drug-likeness (QED) is 0.607. The Balaban J connectivity index is 2.17. The molecular weight excluding hydrogens is 212 g/mol. The van der Waals surface area contributed by atoms with Crippen LogP contribution in [0.5, 0.6) is 0 Å². The second kappa shape index (κ2) is 9.86. The maximum Gasteiger partial charge on any atom is 0.0558 e. The zero-order chi connectivity index (χ0) is 12.3. The molecule has 17 heavy (non-hydrogen) atoms. The van der Waals surface area contributed by atoms with Crippen molar-refractivity contribution in [2.75, 3.05) is 32.8 Å². The molecule has 0 aromatic rings. The Kier molecular flexibility index (Phi) is 8.67. The molecule has 0 aliphatic heterocycles. The van der Waals surface area contributed by atoms with Crippen molar-refractivity contribution in [1.29, 1.82) is 0 Å². The van der Waals surface area contributed by atoms with Crippen molar-refractivity contribution in [3.8, 4) is 0 Å². The van der Waals surface area contributed by atoms with E-state index in [1.165, 1.54) is 44.9 Å². The lowest BCUT2D eigenvalue weighted by Crippen LogP contribution is -2.40. The first-order chi connectivity index (χ1) is 8.38. The molecular formula is C14H30N2O. The van der Waals surface area contributed by atoms with Gasteiger partial charge >= 0.3 is 0 Å². The predicted molar refractivity (Wildman–Crippen MR) is 73.3 cm³/mol. The third kappa shape index (κ3) is 6.39. The second-order valence-electron chi connectivity index (χ2n) is 5.15. The molecule has 1 aliphatic rings. The van der Waals surface area contributed by atoms with Crippen molar-refractivity contribution >= 4 is 0 Å². The van der Waals surface area contributed by atoms with E-state index >= 15 is 0 Å². The molecule has 1 fully saturated rings. The van der Waals surface area contributed by atoms with Crippen LogP contribution in [0.25, 0.3) is 0 Å². The van der Waals surface area contributed by atoms with Gasteiger partial charge in [0.1, 0.15) is 0 Å². The van der Waals surface area contributed by atoms with Crippen molar-refractivity contribution in [2.45, 2.75) is 57.9 Å². The molecule has 0 unspecified atom stereocenters. The maximum absolute atomic E-state index is 9.15. The molecule has 1 saturated carbocycles. The number of aliphatic hydroxyl groups is 1. The summed E-state index contributed by atoms with van der Waals surface area (Å²) < 4.78 is 0. The number of nitrogens with zero attached hydrogens (tertiary/aromatic N) is 1. The molecule has 0 heterocycles. The van der Waals surface area contributed by atoms with Gasteiger partial charge < -0.3 is 10.4 Å². The van der Waals surface area contributed by atoms with E-state index in [2.05, 4.69) is 17.1 Å². The topological polar surface area (TPSA) is 35.5 Å². The van der Waals surface area contributed by atoms with Gasteiger partial charge in [0.05, 0.1) is 6.61 Å². The summed E-state index contributed by atoms with van der Waals surface area (Å²) in [4.78, 5) is 2.51. The van der Waals surface area contributed by atoms with E-state index in [9.17, 15) is 0 Å². The SMILES string of the molecule is CCCNCCCN(CCO)C1CCCCC1. The van der Waals surface area contributed by atoms with Gasteiger partial charge in [-0.05, 0) is 45.3 Å². The molecule has 1 rings (SSSR count). The van der Waals surface area contributed by atoms with Gasteiger partial charge in [0, 0.05) is 12.6 Å². The number of aliphatic hydroxyl groups excluding tert-OH is 1. The highest BCUT2D eigenvalue weighted by Gasteiger charge is 2.19. The Morgan fingerprint density at radius 2 is 1.88 bits per heavy atom. The van der Waals surface area contributed by atoms with Crippen molar-refractivity contribution in [3.05, 3.63) is 0 Å². The molecule has 102 valence electrons. The second-order valence-corrected chi connectivity index (χ2v) is 5.15. The maximum atomic E-state index is 9.15. The van der Waals surface area contributed by atoms with Crippen LogP contribution >= 0.6 is 0 Å². The van der Waals surface area contributed by atoms with Crippen LogP contribution in [0.15, 0.2) is 0 Å². The van der Waals surface area contributed by atoms with Crippen molar-refractivity contribution < 1.29 is 5.11 Å². The minimum Gasteiger partial charge on any atom is -0.395 e. The standard InChI is InChI=1S/C14H30N2O/c1-2-9-15-10-6-11-16(12-13-17)14-7-4-3-5-8-14/h14-15,17H,2-13H2,1H3. The Morgan fingerprint density at radius 1 is 1.12 bits per heavy atom. The fraction of sp³-hybridized carbons (Fsp3) is 1.00. The Labute approximate surface area is 107 Å². The zero-order valence-corrected chi connectivity index (χ0v) is 11.5. The van der Waals surface area contributed by atoms with Crippen LogP contribution in [-0.2, 0) is 0 Å². The van der Waals surface area contributed by atoms with Crippen molar-refractivity contribution in [3.63, 3.8) is 0 Å². The van der Waals surface area contributed by atoms with Crippen LogP contribution in [0.1, 0.15) is 51.9 Å². The summed E-state index contributed by atoms with van der Waals surface area (Å²) in [7, 11) is 0. The first-order valence-electron chi connectivity index (χ1n) is 7.44. The van der Waals surface area contributed by atoms with Gasteiger partial charge in [-0.1, -0.05) is 26.2 Å². The van der Waals surface area contributed by atoms with Crippen LogP contribution in [0.3, 0.4) is 0 Å². The van der Waals surface area contributed by atoms with Gasteiger partial charge in [-0.3, -0.25) is 4.90 Å². The molecule has 0 saturated heterocycles. The molecule has 0 aromatic carbocycles. The largest absolute Gasteiger partial charge is 0.395 e. The van der Waals surface area contributed by atoms with Gasteiger partial charge in [-0.25, -0.2) is 0 Å². The first kappa shape index (κ1) is 14.9. The number of nitrogens with one attached hydrogen (secondary N) is 1. The Morgan fingerprint density at radius 3 is 2.53 bits per heavy atom. The van der Waals surface area contributed by atoms with Crippen LogP contribution in [0.4, 0.5) is 0 Å². The van der Waals surface area contributed by atoms with Crippen LogP contribution in [0.2, 0.25) is 0 Å². The summed E-state index contributed by atoms with van der Waals surface area (Å²) >= 11 is 0. The fourth-order valence-corrected chi connectivity index (χ4v) is 2.76. The average Bonchev–Trinajstić information content (AvgIpc) is 2.38. The van der Waals surface area contributed by atoms with E-state index in [-0.39, 0.29) is 0 Å². The highest BCUT2D eigenvalue weighted by Crippen LogP contribution is 2.22. The minimum absolute atomic E-state index is 0.304. The van der Waals surface area contributed by atoms with Gasteiger partial charge in [-0.2, -0.15) is 0 Å². The summed E-state index contributed by atoms with van der Waals surface area (Å²) in [6.07, 6.45) is 9.24. The molecule has 1 aliphatic carbocycles. The molecule has 0 aromatic heterocycles. The summed E-state index contributed by atoms with van der Waals surface area (Å²) in [6.45, 7) is 6.75. The lowest BCUT2D eigenvalue weighted by molar-refractivity contribution is 0.122. The zero-order valence-electron chi connectivity index (χ0n) is 11.5. The molecule has 3 nitrogen and oxygen atoms in total. The molecule has 3 heteroatoms. The third-order valence-electron chi connectivity index (χ3n) is 3.70. The molecule has 0 bridgehead atoms. The van der Waals surface area contributed by atoms with E-state index in [1.54, 1.807) is 0 Å². The average molecular weight is 242 g/mol. The van der Waals surface area contributed by atoms with Crippen LogP contribution in [0, 0.1) is 0 Å². The normalized spacial score (nSPS) is 17.8. The fourth-order valence-electron chi connectivity index (χ4n) is 2.76. The van der Waals surface area contributed by atoms with E-state index in [0.29, 0.717) is 6.61 Å². The Bertz CT molecular complexity index is 170. The summed E-state index contributed by atoms with van der Waals surface area (Å²) in [6, 6.07) is 0.738. The summed E-state index contributed by atoms with van der Waals surface area (Å²) in [5, 5.41) is 12.6. The van der Waals surface area contributed by atoms with E-state index in [4.69, 9.17) is 5.11 Å². The molecule has 0 spiro atoms. The Hall–Kier alpha value is -0.120. The van der Waals surface area contributed by atoms with Gasteiger partial charge in [-0.15, -0.1) is 0 Å². The smallest absolute Gasteiger partial charge is 0.0558 e. The van der Waals surface area contributed by atoms with Crippen molar-refractivity contribution in [1.82, 2.24) is 10.2 Å². The van der Waals surface area contributed by atoms with Gasteiger partial charge in [0.15, 0.2) is 0 Å². The van der Waals surface area contributed by atoms with Crippen LogP contribution < -0.4 is 5.32 Å². The highest BCUT2D eigenvalue weighted by atomic mass is 16.3. The molecule has 2 N–H and O–H groups in total. The summed E-state index contributed by atoms with van der Waals surface area (Å²) in [5.74, 6) is 0. The van der Waals surface area contributed by atoms with E-state index < -0.39 is 0 Å². The van der Waals surface area contributed by atoms with Gasteiger partial charge in [0.2, 0.25) is 0 Å². The van der Waals surface area contributed by atoms with Gasteiger partial charge in [0.25, 0.3) is 0 Å². The number of hydrogen-bond donors (Lipinski definition) is 2. The predicted octanol–water partition coefficient (Wildman–Crippen LogP) is 2.00. The molecule has 0 atom stereocenters. The van der Waals surface area contributed by atoms with E-state index in [1.807, 2.05) is 0 Å². The third-order valence-corrected chi connectivity index (χ3v) is 3.70. The molecule has 0 amide bonds. The highest BCUT2D eigenvalue weighted by molar-refractivity contribution is 4.75. The summed E-state index contributed by atoms with van der Waals surface area (Å²) in [5.41, 5.74) is 0. The number of hydrogen-bond acceptors (Lipinski definition) is 3. The number of rotatable bonds is 9.